The van der Waals surface area contributed by atoms with E-state index < -0.39 is 0 Å². The number of carbonyl (C=O) groups is 1. The van der Waals surface area contributed by atoms with Crippen LogP contribution >= 0.6 is 11.3 Å². The van der Waals surface area contributed by atoms with Crippen molar-refractivity contribution < 1.29 is 4.79 Å². The first-order valence-corrected chi connectivity index (χ1v) is 9.57. The molecule has 0 radical (unpaired) electrons. The van der Waals surface area contributed by atoms with Crippen molar-refractivity contribution >= 4 is 22.8 Å². The summed E-state index contributed by atoms with van der Waals surface area (Å²) in [4.78, 5) is 15.5. The first-order valence-electron chi connectivity index (χ1n) is 8.69. The van der Waals surface area contributed by atoms with Gasteiger partial charge >= 0.3 is 0 Å². The van der Waals surface area contributed by atoms with Crippen molar-refractivity contribution in [3.63, 3.8) is 0 Å². The van der Waals surface area contributed by atoms with Gasteiger partial charge in [0, 0.05) is 30.1 Å². The number of Topliss-reactive ketones (excluding diaryl/α,β-unsaturated/α-hetero) is 1. The Bertz CT molecular complexity index is 764. The van der Waals surface area contributed by atoms with Crippen molar-refractivity contribution in [2.45, 2.75) is 26.3 Å². The van der Waals surface area contributed by atoms with Gasteiger partial charge in [-0.05, 0) is 61.9 Å². The first-order chi connectivity index (χ1) is 12.2. The molecule has 1 aliphatic rings. The number of benzene rings is 1. The summed E-state index contributed by atoms with van der Waals surface area (Å²) < 4.78 is 0. The summed E-state index contributed by atoms with van der Waals surface area (Å²) in [6.07, 6.45) is 2.40. The highest BCUT2D eigenvalue weighted by molar-refractivity contribution is 7.09. The number of hydrogen-bond donors (Lipinski definition) is 1. The fourth-order valence-electron chi connectivity index (χ4n) is 3.35. The molecule has 2 aromatic rings. The van der Waals surface area contributed by atoms with Crippen LogP contribution in [0.2, 0.25) is 0 Å². The molecule has 3 rings (SSSR count). The van der Waals surface area contributed by atoms with Gasteiger partial charge in [0.1, 0.15) is 6.07 Å². The number of nitrogens with zero attached hydrogens (tertiary/aromatic N) is 2. The van der Waals surface area contributed by atoms with Gasteiger partial charge in [-0.15, -0.1) is 11.3 Å². The minimum atomic E-state index is 0.0207. The van der Waals surface area contributed by atoms with Crippen LogP contribution in [0.5, 0.6) is 0 Å². The van der Waals surface area contributed by atoms with E-state index in [0.717, 1.165) is 31.9 Å². The zero-order chi connectivity index (χ0) is 17.6. The number of ketones is 1. The Morgan fingerprint density at radius 3 is 3.04 bits per heavy atom. The van der Waals surface area contributed by atoms with E-state index in [1.54, 1.807) is 25.1 Å². The summed E-state index contributed by atoms with van der Waals surface area (Å²) in [5.41, 5.74) is 2.01. The van der Waals surface area contributed by atoms with Crippen molar-refractivity contribution in [2.24, 2.45) is 5.92 Å². The molecule has 2 heterocycles. The lowest BCUT2D eigenvalue weighted by atomic mass is 9.97. The third-order valence-electron chi connectivity index (χ3n) is 4.69. The van der Waals surface area contributed by atoms with Crippen molar-refractivity contribution in [3.8, 4) is 6.07 Å². The summed E-state index contributed by atoms with van der Waals surface area (Å²) in [5, 5.41) is 14.8. The molecule has 25 heavy (non-hydrogen) atoms. The molecule has 1 atom stereocenters. The van der Waals surface area contributed by atoms with Gasteiger partial charge in [0.25, 0.3) is 0 Å². The van der Waals surface area contributed by atoms with Gasteiger partial charge < -0.3 is 5.32 Å². The van der Waals surface area contributed by atoms with Gasteiger partial charge in [0.15, 0.2) is 5.78 Å². The van der Waals surface area contributed by atoms with E-state index in [4.69, 9.17) is 0 Å². The number of nitrogens with one attached hydrogen (secondary N) is 1. The first kappa shape index (κ1) is 17.7. The monoisotopic (exact) mass is 353 g/mol. The molecule has 1 aromatic carbocycles. The Hall–Kier alpha value is -2.16. The summed E-state index contributed by atoms with van der Waals surface area (Å²) in [7, 11) is 0. The van der Waals surface area contributed by atoms with Crippen molar-refractivity contribution in [3.05, 3.63) is 51.7 Å². The van der Waals surface area contributed by atoms with Crippen LogP contribution in [0.4, 0.5) is 5.69 Å². The average molecular weight is 353 g/mol. The van der Waals surface area contributed by atoms with Gasteiger partial charge in [-0.25, -0.2) is 0 Å². The highest BCUT2D eigenvalue weighted by Gasteiger charge is 2.20. The fraction of sp³-hybridized carbons (Fsp3) is 0.400. The molecule has 4 nitrogen and oxygen atoms in total. The summed E-state index contributed by atoms with van der Waals surface area (Å²) in [6.45, 7) is 5.63. The van der Waals surface area contributed by atoms with Crippen LogP contribution in [0.3, 0.4) is 0 Å². The Morgan fingerprint density at radius 2 is 2.32 bits per heavy atom. The van der Waals surface area contributed by atoms with E-state index >= 15 is 0 Å². The van der Waals surface area contributed by atoms with Crippen molar-refractivity contribution in [2.75, 3.05) is 25.0 Å². The van der Waals surface area contributed by atoms with E-state index in [2.05, 4.69) is 33.8 Å². The standard InChI is InChI=1S/C20H23N3OS/c1-15(24)17-6-7-18(11-21)20(10-17)22-12-16-4-2-8-23(13-16)14-19-5-3-9-25-19/h3,5-7,9-10,16,22H,2,4,8,12-14H2,1H3. The lowest BCUT2D eigenvalue weighted by molar-refractivity contribution is 0.101. The summed E-state index contributed by atoms with van der Waals surface area (Å²) in [5.74, 6) is 0.577. The van der Waals surface area contributed by atoms with E-state index in [-0.39, 0.29) is 5.78 Å². The molecular formula is C20H23N3OS. The molecular weight excluding hydrogens is 330 g/mol. The zero-order valence-electron chi connectivity index (χ0n) is 14.5. The van der Waals surface area contributed by atoms with Crippen LogP contribution in [0.15, 0.2) is 35.7 Å². The van der Waals surface area contributed by atoms with E-state index in [0.29, 0.717) is 17.0 Å². The Morgan fingerprint density at radius 1 is 1.44 bits per heavy atom. The van der Waals surface area contributed by atoms with Gasteiger partial charge in [0.05, 0.1) is 11.3 Å². The van der Waals surface area contributed by atoms with Gasteiger partial charge in [-0.2, -0.15) is 5.26 Å². The smallest absolute Gasteiger partial charge is 0.159 e. The maximum Gasteiger partial charge on any atom is 0.159 e. The Balaban J connectivity index is 1.60. The maximum absolute atomic E-state index is 11.6. The number of anilines is 1. The molecule has 1 saturated heterocycles. The fourth-order valence-corrected chi connectivity index (χ4v) is 4.09. The predicted octanol–water partition coefficient (Wildman–Crippen LogP) is 4.15. The maximum atomic E-state index is 11.6. The number of thiophene rings is 1. The Labute approximate surface area is 153 Å². The van der Waals surface area contributed by atoms with Crippen molar-refractivity contribution in [1.82, 2.24) is 4.90 Å². The minimum Gasteiger partial charge on any atom is -0.384 e. The molecule has 0 spiro atoms. The molecule has 1 fully saturated rings. The normalized spacial score (nSPS) is 17.8. The van der Waals surface area contributed by atoms with Crippen molar-refractivity contribution in [1.29, 1.82) is 5.26 Å². The van der Waals surface area contributed by atoms with Gasteiger partial charge in [-0.3, -0.25) is 9.69 Å². The second-order valence-corrected chi connectivity index (χ2v) is 7.66. The number of piperidine rings is 1. The van der Waals surface area contributed by atoms with Crippen LogP contribution < -0.4 is 5.32 Å². The molecule has 1 aliphatic heterocycles. The topological polar surface area (TPSA) is 56.1 Å². The molecule has 0 bridgehead atoms. The molecule has 1 unspecified atom stereocenters. The lowest BCUT2D eigenvalue weighted by Crippen LogP contribution is -2.37. The number of hydrogen-bond acceptors (Lipinski definition) is 5. The summed E-state index contributed by atoms with van der Waals surface area (Å²) in [6, 6.07) is 11.7. The lowest BCUT2D eigenvalue weighted by Gasteiger charge is -2.32. The van der Waals surface area contributed by atoms with Crippen LogP contribution in [0.25, 0.3) is 0 Å². The van der Waals surface area contributed by atoms with Crippen LogP contribution in [-0.2, 0) is 6.54 Å². The highest BCUT2D eigenvalue weighted by atomic mass is 32.1. The van der Waals surface area contributed by atoms with Crippen LogP contribution in [-0.4, -0.2) is 30.3 Å². The highest BCUT2D eigenvalue weighted by Crippen LogP contribution is 2.23. The SMILES string of the molecule is CC(=O)c1ccc(C#N)c(NCC2CCCN(Cc3cccs3)C2)c1. The number of carbonyl (C=O) groups excluding carboxylic acids is 1. The largest absolute Gasteiger partial charge is 0.384 e. The van der Waals surface area contributed by atoms with E-state index in [9.17, 15) is 10.1 Å². The molecule has 5 heteroatoms. The number of nitriles is 1. The minimum absolute atomic E-state index is 0.0207. The zero-order valence-corrected chi connectivity index (χ0v) is 15.3. The summed E-state index contributed by atoms with van der Waals surface area (Å²) >= 11 is 1.81. The number of rotatable bonds is 6. The predicted molar refractivity (Wildman–Crippen MR) is 102 cm³/mol. The molecule has 0 amide bonds. The van der Waals surface area contributed by atoms with E-state index in [1.165, 1.54) is 17.7 Å². The molecule has 0 aliphatic carbocycles. The molecule has 130 valence electrons. The van der Waals surface area contributed by atoms with Gasteiger partial charge in [-0.1, -0.05) is 6.07 Å². The molecule has 1 N–H and O–H groups in total. The third kappa shape index (κ3) is 4.68. The van der Waals surface area contributed by atoms with Crippen LogP contribution in [0.1, 0.15) is 40.6 Å². The Kier molecular flexibility index (Phi) is 5.85. The third-order valence-corrected chi connectivity index (χ3v) is 5.55. The molecule has 0 saturated carbocycles. The second-order valence-electron chi connectivity index (χ2n) is 6.63. The number of likely N-dealkylation sites (tertiary alicyclic amines) is 1. The van der Waals surface area contributed by atoms with Gasteiger partial charge in [0.2, 0.25) is 0 Å². The van der Waals surface area contributed by atoms with Crippen LogP contribution in [0, 0.1) is 17.2 Å². The molecule has 1 aromatic heterocycles. The second kappa shape index (κ2) is 8.28. The quantitative estimate of drug-likeness (QED) is 0.793. The van der Waals surface area contributed by atoms with E-state index in [1.807, 2.05) is 11.3 Å². The average Bonchev–Trinajstić information content (AvgIpc) is 3.13.